The van der Waals surface area contributed by atoms with Crippen molar-refractivity contribution in [1.82, 2.24) is 0 Å². The van der Waals surface area contributed by atoms with Crippen LogP contribution in [0.1, 0.15) is 42.5 Å². The first-order valence-electron chi connectivity index (χ1n) is 10.8. The minimum atomic E-state index is -0.973. The number of Topliss-reactive ketones (excluding diaryl/α,β-unsaturated/α-hetero) is 1. The molecule has 2 N–H and O–H groups in total. The number of hydrogen-bond acceptors (Lipinski definition) is 5. The van der Waals surface area contributed by atoms with Crippen LogP contribution in [-0.4, -0.2) is 29.0 Å². The number of rotatable bonds is 5. The third-order valence-corrected chi connectivity index (χ3v) is 6.23. The van der Waals surface area contributed by atoms with Crippen LogP contribution in [0, 0.1) is 0 Å². The number of benzene rings is 3. The zero-order valence-electron chi connectivity index (χ0n) is 18.9. The molecule has 0 aromatic heterocycles. The number of phenolic OH excluding ortho intramolecular Hbond substituents is 1. The van der Waals surface area contributed by atoms with Gasteiger partial charge in [0.2, 0.25) is 0 Å². The molecule has 0 radical (unpaired) electrons. The second-order valence-electron chi connectivity index (χ2n) is 8.36. The Labute approximate surface area is 202 Å². The van der Waals surface area contributed by atoms with Gasteiger partial charge in [-0.1, -0.05) is 49.7 Å². The third kappa shape index (κ3) is 4.13. The summed E-state index contributed by atoms with van der Waals surface area (Å²) >= 11 is 6.33. The molecule has 0 bridgehead atoms. The summed E-state index contributed by atoms with van der Waals surface area (Å²) in [6.45, 7) is 4.12. The van der Waals surface area contributed by atoms with Gasteiger partial charge in [0.25, 0.3) is 11.7 Å². The molecule has 1 unspecified atom stereocenters. The van der Waals surface area contributed by atoms with Crippen LogP contribution in [0.15, 0.2) is 72.3 Å². The van der Waals surface area contributed by atoms with Crippen molar-refractivity contribution in [2.45, 2.75) is 25.8 Å². The highest BCUT2D eigenvalue weighted by Gasteiger charge is 2.47. The number of anilines is 1. The van der Waals surface area contributed by atoms with Gasteiger partial charge in [0.1, 0.15) is 17.3 Å². The van der Waals surface area contributed by atoms with E-state index in [4.69, 9.17) is 16.3 Å². The maximum absolute atomic E-state index is 13.3. The molecule has 1 heterocycles. The number of aromatic hydroxyl groups is 1. The lowest BCUT2D eigenvalue weighted by atomic mass is 9.94. The molecule has 1 atom stereocenters. The van der Waals surface area contributed by atoms with Crippen molar-refractivity contribution in [3.8, 4) is 11.5 Å². The lowest BCUT2D eigenvalue weighted by Crippen LogP contribution is -2.29. The molecular weight excluding hydrogens is 454 g/mol. The molecule has 1 saturated heterocycles. The van der Waals surface area contributed by atoms with Gasteiger partial charge in [-0.25, -0.2) is 0 Å². The van der Waals surface area contributed by atoms with Crippen LogP contribution >= 0.6 is 11.6 Å². The smallest absolute Gasteiger partial charge is 0.300 e. The van der Waals surface area contributed by atoms with E-state index in [0.717, 1.165) is 5.56 Å². The van der Waals surface area contributed by atoms with Crippen LogP contribution in [0.25, 0.3) is 5.76 Å². The first kappa shape index (κ1) is 23.4. The van der Waals surface area contributed by atoms with Crippen molar-refractivity contribution >= 4 is 34.7 Å². The molecule has 0 aliphatic carbocycles. The van der Waals surface area contributed by atoms with Crippen molar-refractivity contribution in [1.29, 1.82) is 0 Å². The van der Waals surface area contributed by atoms with Crippen LogP contribution in [0.2, 0.25) is 5.02 Å². The summed E-state index contributed by atoms with van der Waals surface area (Å²) in [5.74, 6) is -1.36. The van der Waals surface area contributed by atoms with Crippen LogP contribution in [0.4, 0.5) is 5.69 Å². The highest BCUT2D eigenvalue weighted by Crippen LogP contribution is 2.44. The first-order chi connectivity index (χ1) is 16.2. The molecule has 3 aromatic carbocycles. The van der Waals surface area contributed by atoms with Crippen LogP contribution < -0.4 is 9.64 Å². The zero-order chi connectivity index (χ0) is 24.6. The van der Waals surface area contributed by atoms with E-state index in [-0.39, 0.29) is 21.9 Å². The highest BCUT2D eigenvalue weighted by atomic mass is 35.5. The number of ether oxygens (including phenoxy) is 1. The fourth-order valence-corrected chi connectivity index (χ4v) is 4.29. The average Bonchev–Trinajstić information content (AvgIpc) is 3.09. The van der Waals surface area contributed by atoms with E-state index in [9.17, 15) is 19.8 Å². The number of phenols is 1. The van der Waals surface area contributed by atoms with E-state index in [2.05, 4.69) is 13.8 Å². The van der Waals surface area contributed by atoms with Crippen LogP contribution in [0.3, 0.4) is 0 Å². The first-order valence-corrected chi connectivity index (χ1v) is 11.1. The fraction of sp³-hybridized carbons (Fsp3) is 0.185. The molecule has 7 heteroatoms. The molecule has 0 spiro atoms. The largest absolute Gasteiger partial charge is 0.508 e. The Morgan fingerprint density at radius 3 is 2.35 bits per heavy atom. The quantitative estimate of drug-likeness (QED) is 0.275. The number of ketones is 1. The second kappa shape index (κ2) is 9.23. The molecule has 4 rings (SSSR count). The summed E-state index contributed by atoms with van der Waals surface area (Å²) < 4.78 is 5.23. The van der Waals surface area contributed by atoms with Gasteiger partial charge >= 0.3 is 0 Å². The Balaban J connectivity index is 1.95. The SMILES string of the molecule is COc1ccc(Cl)c(/C(O)=C2\C(=O)C(=O)N(c3ccc(C(C)C)cc3)C2c2cccc(O)c2)c1. The van der Waals surface area contributed by atoms with Crippen LogP contribution in [0.5, 0.6) is 11.5 Å². The number of aliphatic hydroxyl groups is 1. The van der Waals surface area contributed by atoms with Crippen LogP contribution in [-0.2, 0) is 9.59 Å². The standard InChI is InChI=1S/C27H24ClNO5/c1-15(2)16-7-9-18(10-8-16)29-24(17-5-4-6-19(30)13-17)23(26(32)27(29)33)25(31)21-14-20(34-3)11-12-22(21)28/h4-15,24,30-31H,1-3H3/b25-23+. The number of halogens is 1. The molecule has 3 aromatic rings. The number of nitrogens with zero attached hydrogens (tertiary/aromatic N) is 1. The topological polar surface area (TPSA) is 87.1 Å². The molecular formula is C27H24ClNO5. The number of methoxy groups -OCH3 is 1. The van der Waals surface area contributed by atoms with Gasteiger partial charge in [0, 0.05) is 11.3 Å². The number of hydrogen-bond donors (Lipinski definition) is 2. The van der Waals surface area contributed by atoms with E-state index in [1.807, 2.05) is 12.1 Å². The van der Waals surface area contributed by atoms with Gasteiger partial charge in [-0.2, -0.15) is 0 Å². The Hall–Kier alpha value is -3.77. The Kier molecular flexibility index (Phi) is 6.35. The minimum absolute atomic E-state index is 0.0299. The Morgan fingerprint density at radius 1 is 1.03 bits per heavy atom. The van der Waals surface area contributed by atoms with E-state index in [0.29, 0.717) is 22.9 Å². The Bertz CT molecular complexity index is 1300. The summed E-state index contributed by atoms with van der Waals surface area (Å²) in [5, 5.41) is 21.6. The number of amides is 1. The maximum atomic E-state index is 13.3. The van der Waals surface area contributed by atoms with Gasteiger partial charge in [0.05, 0.1) is 23.7 Å². The van der Waals surface area contributed by atoms with E-state index >= 15 is 0 Å². The molecule has 6 nitrogen and oxygen atoms in total. The monoisotopic (exact) mass is 477 g/mol. The summed E-state index contributed by atoms with van der Waals surface area (Å²) in [4.78, 5) is 27.9. The number of aliphatic hydroxyl groups excluding tert-OH is 1. The Morgan fingerprint density at radius 2 is 1.74 bits per heavy atom. The molecule has 1 amide bonds. The maximum Gasteiger partial charge on any atom is 0.300 e. The summed E-state index contributed by atoms with van der Waals surface area (Å²) in [7, 11) is 1.47. The lowest BCUT2D eigenvalue weighted by Gasteiger charge is -2.26. The predicted octanol–water partition coefficient (Wildman–Crippen LogP) is 5.80. The summed E-state index contributed by atoms with van der Waals surface area (Å²) in [5.41, 5.74) is 2.08. The normalized spacial score (nSPS) is 17.4. The predicted molar refractivity (Wildman–Crippen MR) is 131 cm³/mol. The van der Waals surface area contributed by atoms with Gasteiger partial charge in [-0.05, 0) is 59.5 Å². The fourth-order valence-electron chi connectivity index (χ4n) is 4.09. The van der Waals surface area contributed by atoms with Gasteiger partial charge in [0.15, 0.2) is 0 Å². The van der Waals surface area contributed by atoms with Crippen molar-refractivity contribution < 1.29 is 24.5 Å². The molecule has 1 fully saturated rings. The molecule has 1 aliphatic rings. The number of carbonyl (C=O) groups is 2. The van der Waals surface area contributed by atoms with Crippen molar-refractivity contribution in [2.75, 3.05) is 12.0 Å². The van der Waals surface area contributed by atoms with E-state index in [1.165, 1.54) is 30.2 Å². The molecule has 0 saturated carbocycles. The average molecular weight is 478 g/mol. The van der Waals surface area contributed by atoms with Crippen molar-refractivity contribution in [3.05, 3.63) is 94.0 Å². The summed E-state index contributed by atoms with van der Waals surface area (Å²) in [6.07, 6.45) is 0. The summed E-state index contributed by atoms with van der Waals surface area (Å²) in [6, 6.07) is 17.3. The van der Waals surface area contributed by atoms with Crippen molar-refractivity contribution in [2.24, 2.45) is 0 Å². The molecule has 34 heavy (non-hydrogen) atoms. The molecule has 174 valence electrons. The highest BCUT2D eigenvalue weighted by molar-refractivity contribution is 6.52. The van der Waals surface area contributed by atoms with Gasteiger partial charge < -0.3 is 14.9 Å². The van der Waals surface area contributed by atoms with E-state index in [1.54, 1.807) is 36.4 Å². The zero-order valence-corrected chi connectivity index (χ0v) is 19.7. The van der Waals surface area contributed by atoms with Gasteiger partial charge in [-0.15, -0.1) is 0 Å². The minimum Gasteiger partial charge on any atom is -0.508 e. The lowest BCUT2D eigenvalue weighted by molar-refractivity contribution is -0.132. The number of carbonyl (C=O) groups excluding carboxylic acids is 2. The third-order valence-electron chi connectivity index (χ3n) is 5.90. The second-order valence-corrected chi connectivity index (χ2v) is 8.76. The molecule has 1 aliphatic heterocycles. The van der Waals surface area contributed by atoms with Gasteiger partial charge in [-0.3, -0.25) is 14.5 Å². The van der Waals surface area contributed by atoms with Crippen molar-refractivity contribution in [3.63, 3.8) is 0 Å². The van der Waals surface area contributed by atoms with E-state index < -0.39 is 23.5 Å².